The van der Waals surface area contributed by atoms with E-state index in [-0.39, 0.29) is 5.75 Å². The topological polar surface area (TPSA) is 54.5 Å². The standard InChI is InChI=1S/C22H20F3N3O2/c23-22(24,25)30-19-12-8-17(9-13-19)28-27-16-6-10-18(11-7-16)29-20-5-1-3-15-4-2-14-26-21(15)20/h1,3,5-13,26-28H,2,4,14H2. The summed E-state index contributed by atoms with van der Waals surface area (Å²) in [7, 11) is 0. The molecule has 1 heterocycles. The maximum atomic E-state index is 12.2. The van der Waals surface area contributed by atoms with Crippen LogP contribution in [0.25, 0.3) is 0 Å². The van der Waals surface area contributed by atoms with E-state index in [9.17, 15) is 13.2 Å². The fraction of sp³-hybridized carbons (Fsp3) is 0.182. The van der Waals surface area contributed by atoms with Crippen molar-refractivity contribution in [2.45, 2.75) is 19.2 Å². The van der Waals surface area contributed by atoms with Crippen LogP contribution in [0.5, 0.6) is 17.2 Å². The number of nitrogens with one attached hydrogen (secondary N) is 3. The first-order valence-electron chi connectivity index (χ1n) is 9.48. The molecule has 4 rings (SSSR count). The molecule has 0 atom stereocenters. The Bertz CT molecular complexity index is 990. The predicted octanol–water partition coefficient (Wildman–Crippen LogP) is 6.17. The summed E-state index contributed by atoms with van der Waals surface area (Å²) in [5.74, 6) is 1.23. The molecule has 1 aliphatic heterocycles. The molecule has 8 heteroatoms. The fourth-order valence-electron chi connectivity index (χ4n) is 3.18. The maximum absolute atomic E-state index is 12.2. The van der Waals surface area contributed by atoms with Crippen LogP contribution in [0.3, 0.4) is 0 Å². The van der Waals surface area contributed by atoms with Gasteiger partial charge in [-0.2, -0.15) is 0 Å². The highest BCUT2D eigenvalue weighted by Crippen LogP contribution is 2.35. The number of rotatable bonds is 6. The lowest BCUT2D eigenvalue weighted by molar-refractivity contribution is -0.274. The zero-order valence-electron chi connectivity index (χ0n) is 15.9. The van der Waals surface area contributed by atoms with E-state index < -0.39 is 6.36 Å². The Kier molecular flexibility index (Phi) is 5.56. The number of benzene rings is 3. The predicted molar refractivity (Wildman–Crippen MR) is 110 cm³/mol. The Morgan fingerprint density at radius 3 is 2.07 bits per heavy atom. The molecule has 0 saturated carbocycles. The van der Waals surface area contributed by atoms with Gasteiger partial charge in [0, 0.05) is 6.54 Å². The summed E-state index contributed by atoms with van der Waals surface area (Å²) in [4.78, 5) is 0. The van der Waals surface area contributed by atoms with Crippen LogP contribution in [0.4, 0.5) is 30.2 Å². The minimum Gasteiger partial charge on any atom is -0.455 e. The summed E-state index contributed by atoms with van der Waals surface area (Å²) in [5, 5.41) is 3.40. The van der Waals surface area contributed by atoms with Crippen molar-refractivity contribution in [1.29, 1.82) is 0 Å². The van der Waals surface area contributed by atoms with Crippen molar-refractivity contribution >= 4 is 17.1 Å². The molecule has 1 aliphatic rings. The van der Waals surface area contributed by atoms with Crippen LogP contribution in [0.1, 0.15) is 12.0 Å². The van der Waals surface area contributed by atoms with E-state index in [1.165, 1.54) is 29.8 Å². The number of aryl methyl sites for hydroxylation is 1. The minimum atomic E-state index is -4.70. The second-order valence-corrected chi connectivity index (χ2v) is 6.77. The van der Waals surface area contributed by atoms with Gasteiger partial charge >= 0.3 is 6.36 Å². The van der Waals surface area contributed by atoms with Crippen LogP contribution in [-0.2, 0) is 6.42 Å². The number of hydrogen-bond acceptors (Lipinski definition) is 5. The molecule has 0 amide bonds. The number of hydrogen-bond donors (Lipinski definition) is 3. The SMILES string of the molecule is FC(F)(F)Oc1ccc(NNc2ccc(Oc3cccc4c3NCCC4)cc2)cc1. The van der Waals surface area contributed by atoms with E-state index in [0.29, 0.717) is 11.4 Å². The van der Waals surface area contributed by atoms with Crippen molar-refractivity contribution in [2.24, 2.45) is 0 Å². The fourth-order valence-corrected chi connectivity index (χ4v) is 3.18. The van der Waals surface area contributed by atoms with Crippen molar-refractivity contribution in [3.05, 3.63) is 72.3 Å². The van der Waals surface area contributed by atoms with Crippen molar-refractivity contribution in [2.75, 3.05) is 22.7 Å². The normalized spacial score (nSPS) is 13.0. The summed E-state index contributed by atoms with van der Waals surface area (Å²) in [6, 6.07) is 18.8. The highest BCUT2D eigenvalue weighted by atomic mass is 19.4. The summed E-state index contributed by atoms with van der Waals surface area (Å²) < 4.78 is 46.5. The van der Waals surface area contributed by atoms with Gasteiger partial charge in [-0.3, -0.25) is 0 Å². The first-order chi connectivity index (χ1) is 14.5. The van der Waals surface area contributed by atoms with Crippen molar-refractivity contribution in [3.63, 3.8) is 0 Å². The van der Waals surface area contributed by atoms with Gasteiger partial charge in [0.25, 0.3) is 0 Å². The van der Waals surface area contributed by atoms with Crippen LogP contribution in [-0.4, -0.2) is 12.9 Å². The first-order valence-corrected chi connectivity index (χ1v) is 9.48. The molecule has 3 aromatic carbocycles. The Morgan fingerprint density at radius 1 is 0.800 bits per heavy atom. The molecule has 3 aromatic rings. The highest BCUT2D eigenvalue weighted by molar-refractivity contribution is 5.64. The van der Waals surface area contributed by atoms with E-state index in [1.54, 1.807) is 0 Å². The lowest BCUT2D eigenvalue weighted by atomic mass is 10.0. The van der Waals surface area contributed by atoms with Gasteiger partial charge in [0.1, 0.15) is 11.5 Å². The van der Waals surface area contributed by atoms with Crippen molar-refractivity contribution in [3.8, 4) is 17.2 Å². The Balaban J connectivity index is 1.34. The summed E-state index contributed by atoms with van der Waals surface area (Å²) >= 11 is 0. The second-order valence-electron chi connectivity index (χ2n) is 6.77. The average molecular weight is 415 g/mol. The number of alkyl halides is 3. The third kappa shape index (κ3) is 5.08. The summed E-state index contributed by atoms with van der Waals surface area (Å²) in [6.45, 7) is 0.936. The smallest absolute Gasteiger partial charge is 0.455 e. The lowest BCUT2D eigenvalue weighted by Crippen LogP contribution is -2.17. The highest BCUT2D eigenvalue weighted by Gasteiger charge is 2.30. The van der Waals surface area contributed by atoms with Crippen LogP contribution in [0.2, 0.25) is 0 Å². The molecular weight excluding hydrogens is 395 g/mol. The second kappa shape index (κ2) is 8.44. The number of fused-ring (bicyclic) bond motifs is 1. The molecule has 0 spiro atoms. The number of halogens is 3. The third-order valence-corrected chi connectivity index (χ3v) is 4.56. The van der Waals surface area contributed by atoms with E-state index in [4.69, 9.17) is 4.74 Å². The summed E-state index contributed by atoms with van der Waals surface area (Å²) in [5.41, 5.74) is 9.58. The van der Waals surface area contributed by atoms with E-state index in [2.05, 4.69) is 27.0 Å². The van der Waals surface area contributed by atoms with Gasteiger partial charge < -0.3 is 25.6 Å². The number of para-hydroxylation sites is 1. The molecule has 0 aliphatic carbocycles. The molecule has 0 unspecified atom stereocenters. The Labute approximate surface area is 171 Å². The molecule has 0 aromatic heterocycles. The van der Waals surface area contributed by atoms with E-state index in [0.717, 1.165) is 36.5 Å². The van der Waals surface area contributed by atoms with Crippen LogP contribution in [0, 0.1) is 0 Å². The number of ether oxygens (including phenoxy) is 2. The monoisotopic (exact) mass is 415 g/mol. The van der Waals surface area contributed by atoms with Crippen LogP contribution < -0.4 is 25.6 Å². The van der Waals surface area contributed by atoms with E-state index in [1.807, 2.05) is 36.4 Å². The van der Waals surface area contributed by atoms with Crippen molar-refractivity contribution in [1.82, 2.24) is 0 Å². The Morgan fingerprint density at radius 2 is 1.43 bits per heavy atom. The molecule has 30 heavy (non-hydrogen) atoms. The van der Waals surface area contributed by atoms with Crippen molar-refractivity contribution < 1.29 is 22.6 Å². The summed E-state index contributed by atoms with van der Waals surface area (Å²) in [6.07, 6.45) is -2.55. The molecule has 0 saturated heterocycles. The largest absolute Gasteiger partial charge is 0.573 e. The van der Waals surface area contributed by atoms with Gasteiger partial charge in [-0.25, -0.2) is 0 Å². The average Bonchev–Trinajstić information content (AvgIpc) is 2.73. The molecule has 0 bridgehead atoms. The van der Waals surface area contributed by atoms with E-state index >= 15 is 0 Å². The lowest BCUT2D eigenvalue weighted by Gasteiger charge is -2.21. The zero-order chi connectivity index (χ0) is 21.0. The van der Waals surface area contributed by atoms with Gasteiger partial charge in [0.05, 0.1) is 17.1 Å². The van der Waals surface area contributed by atoms with Gasteiger partial charge in [0.2, 0.25) is 0 Å². The molecule has 0 radical (unpaired) electrons. The maximum Gasteiger partial charge on any atom is 0.573 e. The van der Waals surface area contributed by atoms with Crippen LogP contribution >= 0.6 is 0 Å². The molecule has 156 valence electrons. The number of anilines is 3. The third-order valence-electron chi connectivity index (χ3n) is 4.56. The van der Waals surface area contributed by atoms with Crippen LogP contribution in [0.15, 0.2) is 66.7 Å². The molecule has 5 nitrogen and oxygen atoms in total. The minimum absolute atomic E-state index is 0.271. The Hall–Kier alpha value is -3.55. The van der Waals surface area contributed by atoms with Gasteiger partial charge in [-0.15, -0.1) is 13.2 Å². The van der Waals surface area contributed by atoms with Gasteiger partial charge in [-0.1, -0.05) is 12.1 Å². The number of hydrazine groups is 1. The molecular formula is C22H20F3N3O2. The van der Waals surface area contributed by atoms with Gasteiger partial charge in [0.15, 0.2) is 5.75 Å². The quantitative estimate of drug-likeness (QED) is 0.420. The zero-order valence-corrected chi connectivity index (χ0v) is 15.9. The van der Waals surface area contributed by atoms with Gasteiger partial charge in [-0.05, 0) is 73.0 Å². The molecule has 0 fully saturated rings. The molecule has 3 N–H and O–H groups in total. The first kappa shape index (κ1) is 19.8.